The average molecular weight is 161 g/mol. The fraction of sp³-hybridized carbons (Fsp3) is 0.625. The third-order valence-electron chi connectivity index (χ3n) is 1.21. The number of rotatable bonds is 3. The predicted octanol–water partition coefficient (Wildman–Crippen LogP) is 2.74. The Labute approximate surface area is 67.1 Å². The average Bonchev–Trinajstić information content (AvgIpc) is 1.81. The summed E-state index contributed by atoms with van der Waals surface area (Å²) in [5.41, 5.74) is 2.10. The van der Waals surface area contributed by atoms with Crippen molar-refractivity contribution in [2.75, 3.05) is 0 Å². The minimum absolute atomic E-state index is 0.0729. The highest BCUT2D eigenvalue weighted by Gasteiger charge is 2.04. The normalized spacial score (nSPS) is 12.3. The fourth-order valence-electron chi connectivity index (χ4n) is 0.705. The van der Waals surface area contributed by atoms with Crippen LogP contribution in [0.25, 0.3) is 0 Å². The number of hydrogen-bond acceptors (Lipinski definition) is 1. The summed E-state index contributed by atoms with van der Waals surface area (Å²) in [6.45, 7) is 5.66. The van der Waals surface area contributed by atoms with Gasteiger partial charge in [0.15, 0.2) is 5.78 Å². The molecule has 0 amide bonds. The summed E-state index contributed by atoms with van der Waals surface area (Å²) in [5, 5.41) is 0. The third-order valence-corrected chi connectivity index (χ3v) is 1.48. The highest BCUT2D eigenvalue weighted by atomic mass is 35.5. The van der Waals surface area contributed by atoms with Crippen LogP contribution in [0.2, 0.25) is 0 Å². The number of carbonyl (C=O) groups is 1. The van der Waals surface area contributed by atoms with E-state index >= 15 is 0 Å². The molecule has 10 heavy (non-hydrogen) atoms. The maximum atomic E-state index is 10.8. The zero-order chi connectivity index (χ0) is 8.15. The molecule has 0 aromatic rings. The fourth-order valence-corrected chi connectivity index (χ4v) is 0.948. The number of halogens is 1. The molecule has 0 saturated heterocycles. The molecule has 0 atom stereocenters. The van der Waals surface area contributed by atoms with Gasteiger partial charge >= 0.3 is 0 Å². The largest absolute Gasteiger partial charge is 0.295 e. The molecule has 0 N–H and O–H groups in total. The predicted molar refractivity (Wildman–Crippen MR) is 44.1 cm³/mol. The number of allylic oxidation sites excluding steroid dienone is 1. The second kappa shape index (κ2) is 4.51. The van der Waals surface area contributed by atoms with Crippen LogP contribution >= 0.6 is 11.6 Å². The Balaban J connectivity index is 3.99. The van der Waals surface area contributed by atoms with Gasteiger partial charge in [0.2, 0.25) is 0 Å². The molecule has 0 aliphatic rings. The van der Waals surface area contributed by atoms with Crippen molar-refractivity contribution in [1.29, 1.82) is 0 Å². The number of carbonyl (C=O) groups excluding carboxylic acids is 1. The van der Waals surface area contributed by atoms with E-state index in [1.54, 1.807) is 0 Å². The SMILES string of the molecule is CC(=O)C(=CCl)CC(C)C. The van der Waals surface area contributed by atoms with Gasteiger partial charge in [0.25, 0.3) is 0 Å². The van der Waals surface area contributed by atoms with Crippen molar-refractivity contribution >= 4 is 17.4 Å². The lowest BCUT2D eigenvalue weighted by atomic mass is 10.0. The Bertz CT molecular complexity index is 147. The highest BCUT2D eigenvalue weighted by Crippen LogP contribution is 2.12. The van der Waals surface area contributed by atoms with Gasteiger partial charge in [-0.15, -0.1) is 0 Å². The van der Waals surface area contributed by atoms with E-state index in [2.05, 4.69) is 13.8 Å². The van der Waals surface area contributed by atoms with Gasteiger partial charge in [-0.25, -0.2) is 0 Å². The molecular weight excluding hydrogens is 148 g/mol. The molecule has 0 spiro atoms. The Hall–Kier alpha value is -0.300. The molecule has 2 heteroatoms. The van der Waals surface area contributed by atoms with Crippen molar-refractivity contribution in [3.8, 4) is 0 Å². The molecule has 0 saturated carbocycles. The number of ketones is 1. The van der Waals surface area contributed by atoms with Gasteiger partial charge in [0.1, 0.15) is 0 Å². The second-order valence-electron chi connectivity index (χ2n) is 2.79. The Kier molecular flexibility index (Phi) is 4.37. The van der Waals surface area contributed by atoms with Crippen LogP contribution in [0.5, 0.6) is 0 Å². The van der Waals surface area contributed by atoms with E-state index in [0.717, 1.165) is 12.0 Å². The molecule has 0 aromatic carbocycles. The van der Waals surface area contributed by atoms with Gasteiger partial charge in [-0.05, 0) is 19.3 Å². The molecular formula is C8H13ClO. The van der Waals surface area contributed by atoms with Crippen LogP contribution in [0.1, 0.15) is 27.2 Å². The summed E-state index contributed by atoms with van der Waals surface area (Å²) >= 11 is 5.42. The molecule has 0 radical (unpaired) electrons. The first kappa shape index (κ1) is 9.70. The maximum Gasteiger partial charge on any atom is 0.156 e. The monoisotopic (exact) mass is 160 g/mol. The summed E-state index contributed by atoms with van der Waals surface area (Å²) in [6, 6.07) is 0. The molecule has 0 rings (SSSR count). The van der Waals surface area contributed by atoms with Crippen molar-refractivity contribution in [1.82, 2.24) is 0 Å². The van der Waals surface area contributed by atoms with Crippen molar-refractivity contribution in [3.63, 3.8) is 0 Å². The van der Waals surface area contributed by atoms with Crippen molar-refractivity contribution in [2.24, 2.45) is 5.92 Å². The van der Waals surface area contributed by atoms with E-state index in [1.165, 1.54) is 12.5 Å². The maximum absolute atomic E-state index is 10.8. The zero-order valence-electron chi connectivity index (χ0n) is 6.65. The molecule has 0 heterocycles. The molecule has 0 aliphatic heterocycles. The quantitative estimate of drug-likeness (QED) is 0.581. The second-order valence-corrected chi connectivity index (χ2v) is 3.01. The Morgan fingerprint density at radius 2 is 2.10 bits per heavy atom. The van der Waals surface area contributed by atoms with E-state index in [4.69, 9.17) is 11.6 Å². The standard InChI is InChI=1S/C8H13ClO/c1-6(2)4-8(5-9)7(3)10/h5-6H,4H2,1-3H3. The van der Waals surface area contributed by atoms with Gasteiger partial charge < -0.3 is 0 Å². The first-order valence-corrected chi connectivity index (χ1v) is 3.81. The van der Waals surface area contributed by atoms with Gasteiger partial charge in [0.05, 0.1) is 0 Å². The Morgan fingerprint density at radius 3 is 2.20 bits per heavy atom. The molecule has 0 aliphatic carbocycles. The number of hydrogen-bond donors (Lipinski definition) is 0. The lowest BCUT2D eigenvalue weighted by molar-refractivity contribution is -0.113. The van der Waals surface area contributed by atoms with Crippen LogP contribution in [-0.4, -0.2) is 5.78 Å². The van der Waals surface area contributed by atoms with Crippen molar-refractivity contribution in [2.45, 2.75) is 27.2 Å². The first-order valence-electron chi connectivity index (χ1n) is 3.38. The van der Waals surface area contributed by atoms with Crippen LogP contribution in [0.4, 0.5) is 0 Å². The van der Waals surface area contributed by atoms with Crippen molar-refractivity contribution in [3.05, 3.63) is 11.1 Å². The number of Topliss-reactive ketones (excluding diaryl/α,β-unsaturated/α-hetero) is 1. The van der Waals surface area contributed by atoms with E-state index in [9.17, 15) is 4.79 Å². The molecule has 58 valence electrons. The van der Waals surface area contributed by atoms with Gasteiger partial charge in [0, 0.05) is 11.1 Å². The van der Waals surface area contributed by atoms with Crippen molar-refractivity contribution < 1.29 is 4.79 Å². The highest BCUT2D eigenvalue weighted by molar-refractivity contribution is 6.27. The van der Waals surface area contributed by atoms with Crippen LogP contribution in [0.15, 0.2) is 11.1 Å². The molecule has 1 nitrogen and oxygen atoms in total. The summed E-state index contributed by atoms with van der Waals surface area (Å²) in [4.78, 5) is 10.8. The summed E-state index contributed by atoms with van der Waals surface area (Å²) in [5.74, 6) is 0.567. The summed E-state index contributed by atoms with van der Waals surface area (Å²) in [6.07, 6.45) is 0.777. The minimum Gasteiger partial charge on any atom is -0.295 e. The van der Waals surface area contributed by atoms with E-state index in [0.29, 0.717) is 5.92 Å². The Morgan fingerprint density at radius 1 is 1.60 bits per heavy atom. The third kappa shape index (κ3) is 3.67. The van der Waals surface area contributed by atoms with Crippen LogP contribution in [0, 0.1) is 5.92 Å². The van der Waals surface area contributed by atoms with Gasteiger partial charge in [-0.3, -0.25) is 4.79 Å². The molecule has 0 fully saturated rings. The van der Waals surface area contributed by atoms with Crippen LogP contribution in [-0.2, 0) is 4.79 Å². The smallest absolute Gasteiger partial charge is 0.156 e. The lowest BCUT2D eigenvalue weighted by Crippen LogP contribution is -1.99. The summed E-state index contributed by atoms with van der Waals surface area (Å²) in [7, 11) is 0. The molecule has 0 aromatic heterocycles. The van der Waals surface area contributed by atoms with Gasteiger partial charge in [-0.1, -0.05) is 25.4 Å². The summed E-state index contributed by atoms with van der Waals surface area (Å²) < 4.78 is 0. The van der Waals surface area contributed by atoms with E-state index in [1.807, 2.05) is 0 Å². The van der Waals surface area contributed by atoms with E-state index in [-0.39, 0.29) is 5.78 Å². The topological polar surface area (TPSA) is 17.1 Å². The molecule has 0 unspecified atom stereocenters. The van der Waals surface area contributed by atoms with Gasteiger partial charge in [-0.2, -0.15) is 0 Å². The molecule has 0 bridgehead atoms. The zero-order valence-corrected chi connectivity index (χ0v) is 7.40. The van der Waals surface area contributed by atoms with E-state index < -0.39 is 0 Å². The lowest BCUT2D eigenvalue weighted by Gasteiger charge is -2.03. The minimum atomic E-state index is 0.0729. The first-order chi connectivity index (χ1) is 4.57. The van der Waals surface area contributed by atoms with Crippen LogP contribution < -0.4 is 0 Å². The van der Waals surface area contributed by atoms with Crippen LogP contribution in [0.3, 0.4) is 0 Å².